The second-order valence-electron chi connectivity index (χ2n) is 7.64. The lowest BCUT2D eigenvalue weighted by Crippen LogP contribution is -2.55. The van der Waals surface area contributed by atoms with E-state index in [4.69, 9.17) is 9.47 Å². The van der Waals surface area contributed by atoms with Gasteiger partial charge in [0, 0.05) is 25.7 Å². The van der Waals surface area contributed by atoms with Crippen LogP contribution in [0.25, 0.3) is 0 Å². The van der Waals surface area contributed by atoms with Crippen LogP contribution in [0.15, 0.2) is 30.3 Å². The minimum atomic E-state index is -0.524. The average Bonchev–Trinajstić information content (AvgIpc) is 2.60. The molecule has 0 aliphatic carbocycles. The molecule has 0 bridgehead atoms. The SMILES string of the molecule is CC(C)(C)OC(=O)N1CC[C@H](NCc2ccccc2)[C@H](OCCCF)C1. The Hall–Kier alpha value is -1.66. The molecule has 2 rings (SSSR count). The van der Waals surface area contributed by atoms with Crippen LogP contribution < -0.4 is 5.32 Å². The number of likely N-dealkylation sites (tertiary alicyclic amines) is 1. The molecule has 2 atom stereocenters. The summed E-state index contributed by atoms with van der Waals surface area (Å²) < 4.78 is 23.8. The summed E-state index contributed by atoms with van der Waals surface area (Å²) in [6, 6.07) is 10.3. The van der Waals surface area contributed by atoms with E-state index in [-0.39, 0.29) is 18.2 Å². The summed E-state index contributed by atoms with van der Waals surface area (Å²) in [5, 5.41) is 3.53. The maximum atomic E-state index is 12.4. The monoisotopic (exact) mass is 366 g/mol. The number of halogens is 1. The molecule has 0 radical (unpaired) electrons. The van der Waals surface area contributed by atoms with Crippen LogP contribution >= 0.6 is 0 Å². The molecule has 0 saturated carbocycles. The second-order valence-corrected chi connectivity index (χ2v) is 7.64. The molecule has 1 amide bonds. The predicted molar refractivity (Wildman–Crippen MR) is 99.8 cm³/mol. The van der Waals surface area contributed by atoms with Gasteiger partial charge in [0.15, 0.2) is 0 Å². The summed E-state index contributed by atoms with van der Waals surface area (Å²) in [6.07, 6.45) is 0.644. The lowest BCUT2D eigenvalue weighted by molar-refractivity contribution is -0.0362. The van der Waals surface area contributed by atoms with Crippen molar-refractivity contribution in [1.82, 2.24) is 10.2 Å². The van der Waals surface area contributed by atoms with Crippen molar-refractivity contribution in [3.05, 3.63) is 35.9 Å². The molecule has 6 heteroatoms. The Labute approximate surface area is 155 Å². The summed E-state index contributed by atoms with van der Waals surface area (Å²) in [5.41, 5.74) is 0.675. The Bertz CT molecular complexity index is 548. The number of carbonyl (C=O) groups is 1. The van der Waals surface area contributed by atoms with E-state index in [9.17, 15) is 9.18 Å². The highest BCUT2D eigenvalue weighted by atomic mass is 19.1. The first-order chi connectivity index (χ1) is 12.4. The van der Waals surface area contributed by atoms with Gasteiger partial charge in [-0.3, -0.25) is 4.39 Å². The first-order valence-corrected chi connectivity index (χ1v) is 9.32. The smallest absolute Gasteiger partial charge is 0.410 e. The first kappa shape index (κ1) is 20.6. The Morgan fingerprint density at radius 1 is 1.31 bits per heavy atom. The number of ether oxygens (including phenoxy) is 2. The van der Waals surface area contributed by atoms with E-state index in [0.717, 1.165) is 13.0 Å². The number of rotatable bonds is 7. The molecule has 0 unspecified atom stereocenters. The van der Waals surface area contributed by atoms with E-state index in [1.54, 1.807) is 4.90 Å². The maximum Gasteiger partial charge on any atom is 0.410 e. The molecule has 1 aliphatic heterocycles. The highest BCUT2D eigenvalue weighted by Gasteiger charge is 2.33. The Morgan fingerprint density at radius 2 is 2.04 bits per heavy atom. The predicted octanol–water partition coefficient (Wildman–Crippen LogP) is 3.53. The van der Waals surface area contributed by atoms with Crippen molar-refractivity contribution < 1.29 is 18.7 Å². The van der Waals surface area contributed by atoms with Gasteiger partial charge in [-0.25, -0.2) is 4.79 Å². The van der Waals surface area contributed by atoms with Gasteiger partial charge in [-0.2, -0.15) is 0 Å². The van der Waals surface area contributed by atoms with Crippen LogP contribution in [0, 0.1) is 0 Å². The van der Waals surface area contributed by atoms with Crippen LogP contribution in [0.4, 0.5) is 9.18 Å². The number of amides is 1. The molecule has 1 N–H and O–H groups in total. The van der Waals surface area contributed by atoms with Crippen molar-refractivity contribution in [2.24, 2.45) is 0 Å². The zero-order valence-corrected chi connectivity index (χ0v) is 16.0. The molecule has 1 fully saturated rings. The highest BCUT2D eigenvalue weighted by molar-refractivity contribution is 5.68. The van der Waals surface area contributed by atoms with E-state index >= 15 is 0 Å². The highest BCUT2D eigenvalue weighted by Crippen LogP contribution is 2.19. The van der Waals surface area contributed by atoms with Gasteiger partial charge in [0.05, 0.1) is 19.3 Å². The number of carbonyl (C=O) groups excluding carboxylic acids is 1. The molecule has 1 heterocycles. The third kappa shape index (κ3) is 6.92. The summed E-state index contributed by atoms with van der Waals surface area (Å²) >= 11 is 0. The molecule has 0 spiro atoms. The molecule has 5 nitrogen and oxygen atoms in total. The number of piperidine rings is 1. The van der Waals surface area contributed by atoms with Crippen LogP contribution in [0.3, 0.4) is 0 Å². The standard InChI is InChI=1S/C20H31FN2O3/c1-20(2,3)26-19(24)23-12-10-17(18(15-23)25-13-7-11-21)22-14-16-8-5-4-6-9-16/h4-6,8-9,17-18,22H,7,10-15H2,1-3H3/t17-,18+/m0/s1. The van der Waals surface area contributed by atoms with Crippen LogP contribution in [-0.2, 0) is 16.0 Å². The normalized spacial score (nSPS) is 20.8. The van der Waals surface area contributed by atoms with Crippen molar-refractivity contribution in [3.8, 4) is 0 Å². The van der Waals surface area contributed by atoms with E-state index in [1.165, 1.54) is 5.56 Å². The topological polar surface area (TPSA) is 50.8 Å². The quantitative estimate of drug-likeness (QED) is 0.750. The van der Waals surface area contributed by atoms with Crippen molar-refractivity contribution >= 4 is 6.09 Å². The summed E-state index contributed by atoms with van der Waals surface area (Å²) in [5.74, 6) is 0. The fourth-order valence-corrected chi connectivity index (χ4v) is 2.95. The number of hydrogen-bond donors (Lipinski definition) is 1. The number of benzene rings is 1. The van der Waals surface area contributed by atoms with Crippen LogP contribution in [0.5, 0.6) is 0 Å². The van der Waals surface area contributed by atoms with E-state index in [0.29, 0.717) is 26.1 Å². The van der Waals surface area contributed by atoms with Gasteiger partial charge in [-0.1, -0.05) is 30.3 Å². The summed E-state index contributed by atoms with van der Waals surface area (Å²) in [7, 11) is 0. The molecule has 0 aromatic heterocycles. The molecular formula is C20H31FN2O3. The Kier molecular flexibility index (Phi) is 7.85. The van der Waals surface area contributed by atoms with E-state index < -0.39 is 12.3 Å². The Balaban J connectivity index is 1.93. The third-order valence-electron chi connectivity index (χ3n) is 4.23. The second kappa shape index (κ2) is 9.88. The average molecular weight is 366 g/mol. The number of nitrogens with one attached hydrogen (secondary N) is 1. The first-order valence-electron chi connectivity index (χ1n) is 9.32. The molecule has 1 aromatic rings. The maximum absolute atomic E-state index is 12.4. The van der Waals surface area contributed by atoms with Crippen molar-refractivity contribution in [1.29, 1.82) is 0 Å². The molecule has 1 aliphatic rings. The number of alkyl halides is 1. The number of hydrogen-bond acceptors (Lipinski definition) is 4. The molecule has 1 saturated heterocycles. The minimum Gasteiger partial charge on any atom is -0.444 e. The van der Waals surface area contributed by atoms with Crippen LogP contribution in [0.1, 0.15) is 39.2 Å². The van der Waals surface area contributed by atoms with Gasteiger partial charge < -0.3 is 19.7 Å². The van der Waals surface area contributed by atoms with Crippen LogP contribution in [-0.4, -0.2) is 55.1 Å². The zero-order chi connectivity index (χ0) is 19.0. The lowest BCUT2D eigenvalue weighted by atomic mass is 10.0. The van der Waals surface area contributed by atoms with Gasteiger partial charge >= 0.3 is 6.09 Å². The van der Waals surface area contributed by atoms with Gasteiger partial charge in [0.25, 0.3) is 0 Å². The molecule has 1 aromatic carbocycles. The molecular weight excluding hydrogens is 335 g/mol. The van der Waals surface area contributed by atoms with Crippen molar-refractivity contribution in [3.63, 3.8) is 0 Å². The van der Waals surface area contributed by atoms with Gasteiger partial charge in [0.2, 0.25) is 0 Å². The van der Waals surface area contributed by atoms with Gasteiger partial charge in [0.1, 0.15) is 5.60 Å². The molecule has 146 valence electrons. The van der Waals surface area contributed by atoms with Gasteiger partial charge in [-0.05, 0) is 39.2 Å². The Morgan fingerprint density at radius 3 is 2.69 bits per heavy atom. The summed E-state index contributed by atoms with van der Waals surface area (Å²) in [6.45, 7) is 7.33. The van der Waals surface area contributed by atoms with Gasteiger partial charge in [-0.15, -0.1) is 0 Å². The fraction of sp³-hybridized carbons (Fsp3) is 0.650. The minimum absolute atomic E-state index is 0.119. The fourth-order valence-electron chi connectivity index (χ4n) is 2.95. The van der Waals surface area contributed by atoms with Crippen molar-refractivity contribution in [2.45, 2.75) is 57.9 Å². The summed E-state index contributed by atoms with van der Waals surface area (Å²) in [4.78, 5) is 14.0. The third-order valence-corrected chi connectivity index (χ3v) is 4.23. The van der Waals surface area contributed by atoms with Crippen molar-refractivity contribution in [2.75, 3.05) is 26.4 Å². The van der Waals surface area contributed by atoms with E-state index in [2.05, 4.69) is 17.4 Å². The van der Waals surface area contributed by atoms with E-state index in [1.807, 2.05) is 39.0 Å². The lowest BCUT2D eigenvalue weighted by Gasteiger charge is -2.39. The largest absolute Gasteiger partial charge is 0.444 e. The number of nitrogens with zero attached hydrogens (tertiary/aromatic N) is 1. The zero-order valence-electron chi connectivity index (χ0n) is 16.0. The van der Waals surface area contributed by atoms with Crippen LogP contribution in [0.2, 0.25) is 0 Å². The molecule has 26 heavy (non-hydrogen) atoms.